The van der Waals surface area contributed by atoms with Crippen LogP contribution in [0.25, 0.3) is 0 Å². The molecule has 0 aromatic heterocycles. The minimum atomic E-state index is 0. The van der Waals surface area contributed by atoms with Gasteiger partial charge in [-0.1, -0.05) is 0 Å². The molecule has 1 radical (unpaired) electrons. The Labute approximate surface area is 37.8 Å². The van der Waals surface area contributed by atoms with Crippen molar-refractivity contribution in [3.05, 3.63) is 0 Å². The van der Waals surface area contributed by atoms with Crippen LogP contribution >= 0.6 is 0 Å². The fourth-order valence-electron chi connectivity index (χ4n) is 0. The van der Waals surface area contributed by atoms with Gasteiger partial charge in [-0.05, 0) is 0 Å². The van der Waals surface area contributed by atoms with E-state index in [2.05, 4.69) is 0 Å². The fraction of sp³-hybridized carbons (Fsp3) is 0. The van der Waals surface area contributed by atoms with Gasteiger partial charge < -0.3 is 37.2 Å². The van der Waals surface area contributed by atoms with E-state index in [4.69, 9.17) is 0 Å². The van der Waals surface area contributed by atoms with Crippen molar-refractivity contribution in [2.45, 2.75) is 0 Å². The van der Waals surface area contributed by atoms with Crippen LogP contribution in [0.4, 0.5) is 0 Å². The summed E-state index contributed by atoms with van der Waals surface area (Å²) in [5, 5.41) is 0. The Hall–Kier alpha value is -0.130. The smallest absolute Gasteiger partial charge is 0 e. The van der Waals surface area contributed by atoms with Crippen molar-refractivity contribution >= 4 is 0 Å². The van der Waals surface area contributed by atoms with Gasteiger partial charge in [-0.2, -0.15) is 0 Å². The summed E-state index contributed by atoms with van der Waals surface area (Å²) >= 11 is 0. The van der Waals surface area contributed by atoms with Gasteiger partial charge in [-0.25, -0.2) is 0 Å². The van der Waals surface area contributed by atoms with Crippen molar-refractivity contribution in [3.8, 4) is 0 Å². The Morgan fingerprint density at radius 1 is 0.500 bits per heavy atom. The van der Waals surface area contributed by atoms with Crippen LogP contribution in [0.2, 0.25) is 0 Å². The van der Waals surface area contributed by atoms with Crippen LogP contribution in [0.1, 0.15) is 0 Å². The third kappa shape index (κ3) is 83.8. The molecule has 0 aromatic carbocycles. The summed E-state index contributed by atoms with van der Waals surface area (Å²) in [5.41, 5.74) is 0. The molecule has 0 nitrogen and oxygen atoms in total. The quantitative estimate of drug-likeness (QED) is 0.406. The number of hydrogen-bond donors (Lipinski definition) is 0. The Kier molecular flexibility index (Phi) is 280000. The van der Waals surface area contributed by atoms with Crippen LogP contribution in [0.3, 0.4) is 0 Å². The molecule has 0 bridgehead atoms. The van der Waals surface area contributed by atoms with Crippen LogP contribution in [0.15, 0.2) is 0 Å². The summed E-state index contributed by atoms with van der Waals surface area (Å²) in [4.78, 5) is 0. The van der Waals surface area contributed by atoms with E-state index in [-0.39, 0.29) is 37.2 Å². The van der Waals surface area contributed by atoms with E-state index in [1.165, 1.54) is 0 Å². The zero-order valence-electron chi connectivity index (χ0n) is 1.47. The Bertz CT molecular complexity index is 3.25. The topological polar surface area (TPSA) is 0 Å². The molecule has 4 heteroatoms. The first-order valence-corrected chi connectivity index (χ1v) is 0. The summed E-state index contributed by atoms with van der Waals surface area (Å²) in [5.74, 6) is 0. The Balaban J connectivity index is 0. The second-order valence-electron chi connectivity index (χ2n) is 0. The molecule has 0 amide bonds. The van der Waals surface area contributed by atoms with E-state index < -0.39 is 0 Å². The van der Waals surface area contributed by atoms with Gasteiger partial charge in [0, 0.05) is 0 Å². The van der Waals surface area contributed by atoms with Gasteiger partial charge in [0.25, 0.3) is 0 Å². The van der Waals surface area contributed by atoms with Crippen molar-refractivity contribution < 1.29 is 37.2 Å². The summed E-state index contributed by atoms with van der Waals surface area (Å²) in [6, 6.07) is 0. The van der Waals surface area contributed by atoms with E-state index in [0.717, 1.165) is 0 Å². The van der Waals surface area contributed by atoms with Crippen molar-refractivity contribution in [3.63, 3.8) is 0 Å². The summed E-state index contributed by atoms with van der Waals surface area (Å²) in [6.45, 7) is 0. The molecule has 0 saturated carbocycles. The number of hydrogen-bond acceptors (Lipinski definition) is 0. The largest absolute Gasteiger partial charge is 1.00 e. The maximum atomic E-state index is 0. The zero-order valence-corrected chi connectivity index (χ0v) is 6.51. The standard InChI is InChI=1S/Bk.3ClH/h;3*1H/p-3. The van der Waals surface area contributed by atoms with E-state index in [1.807, 2.05) is 0 Å². The first kappa shape index (κ1) is 1890. The Morgan fingerprint density at radius 2 is 0.500 bits per heavy atom. The predicted octanol–water partition coefficient (Wildman–Crippen LogP) is -8.99. The molecule has 0 rings (SSSR count). The van der Waals surface area contributed by atoms with E-state index >= 15 is 0 Å². The molecule has 0 aliphatic rings. The second-order valence-corrected chi connectivity index (χ2v) is 0. The molecule has 0 aliphatic carbocycles. The summed E-state index contributed by atoms with van der Waals surface area (Å²) in [7, 11) is 0. The molecule has 4 heavy (non-hydrogen) atoms. The first-order chi connectivity index (χ1) is 0. The molecule has 0 N–H and O–H groups in total. The molecule has 0 fully saturated rings. The SMILES string of the molecule is [Bk].[Cl-].[Cl-].[Cl-]. The normalized spacial score (nSPS) is 0. The van der Waals surface area contributed by atoms with Gasteiger partial charge in [0.05, 0.1) is 0 Å². The minimum Gasteiger partial charge on any atom is -1.00 e. The third-order valence-electron chi connectivity index (χ3n) is 0. The summed E-state index contributed by atoms with van der Waals surface area (Å²) < 4.78 is 0. The van der Waals surface area contributed by atoms with Crippen molar-refractivity contribution in [2.75, 3.05) is 0 Å². The number of rotatable bonds is 0. The predicted molar refractivity (Wildman–Crippen MR) is 0 cm³/mol. The van der Waals surface area contributed by atoms with Crippen LogP contribution < -0.4 is 37.2 Å². The van der Waals surface area contributed by atoms with Crippen LogP contribution in [-0.2, 0) is 0 Å². The number of halogens is 3. The van der Waals surface area contributed by atoms with Gasteiger partial charge in [0.15, 0.2) is 0 Å². The Morgan fingerprint density at radius 3 is 0.500 bits per heavy atom. The molecule has 33 valence electrons. The molecule has 0 spiro atoms. The third-order valence-corrected chi connectivity index (χ3v) is 0. The van der Waals surface area contributed by atoms with E-state index in [1.54, 1.807) is 0 Å². The zero-order chi connectivity index (χ0) is 0. The molecular weight excluding hydrogens is 353 g/mol. The monoisotopic (exact) mass is 352 g/mol. The molecule has 0 heterocycles. The second kappa shape index (κ2) is 594. The molecular formula is BkCl3-3. The van der Waals surface area contributed by atoms with Gasteiger partial charge in [-0.15, -0.1) is 0 Å². The van der Waals surface area contributed by atoms with Gasteiger partial charge >= 0.3 is 0 Å². The minimum absolute atomic E-state index is 0. The molecule has 0 aliphatic heterocycles. The molecule has 0 unspecified atom stereocenters. The summed E-state index contributed by atoms with van der Waals surface area (Å²) in [6.07, 6.45) is 0. The first-order valence-electron chi connectivity index (χ1n) is 0. The van der Waals surface area contributed by atoms with Crippen LogP contribution in [0.5, 0.6) is 0 Å². The molecule has 0 aromatic rings. The van der Waals surface area contributed by atoms with Crippen molar-refractivity contribution in [2.24, 2.45) is 0 Å². The molecule has 0 saturated heterocycles. The van der Waals surface area contributed by atoms with E-state index in [9.17, 15) is 0 Å². The van der Waals surface area contributed by atoms with Gasteiger partial charge in [0.1, 0.15) is 0 Å². The molecule has 0 atom stereocenters. The van der Waals surface area contributed by atoms with Crippen molar-refractivity contribution in [1.82, 2.24) is 0 Å². The maximum Gasteiger partial charge on any atom is 0 e. The average molecular weight is 353 g/mol. The average Bonchev–Trinajstić information content (AvgIpc) is 0. The maximum absolute atomic E-state index is 0. The van der Waals surface area contributed by atoms with Gasteiger partial charge in [0.2, 0.25) is 0 Å². The van der Waals surface area contributed by atoms with Crippen molar-refractivity contribution in [1.29, 1.82) is 0 Å². The van der Waals surface area contributed by atoms with Gasteiger partial charge in [-0.3, -0.25) is 0 Å². The van der Waals surface area contributed by atoms with Crippen LogP contribution in [-0.4, -0.2) is 0 Å². The van der Waals surface area contributed by atoms with E-state index in [0.29, 0.717) is 0 Å². The fourth-order valence-corrected chi connectivity index (χ4v) is 0. The van der Waals surface area contributed by atoms with Crippen LogP contribution in [0, 0.1) is 0 Å².